The van der Waals surface area contributed by atoms with Gasteiger partial charge in [-0.25, -0.2) is 0 Å². The third kappa shape index (κ3) is 3.24. The van der Waals surface area contributed by atoms with Crippen molar-refractivity contribution in [1.29, 1.82) is 0 Å². The molecule has 3 aliphatic rings. The Morgan fingerprint density at radius 3 is 2.78 bits per heavy atom. The molecule has 1 saturated carbocycles. The summed E-state index contributed by atoms with van der Waals surface area (Å²) in [6.07, 6.45) is 11.1. The number of fused-ring (bicyclic) bond motifs is 2. The summed E-state index contributed by atoms with van der Waals surface area (Å²) in [6.45, 7) is 0. The third-order valence-electron chi connectivity index (χ3n) is 5.42. The van der Waals surface area contributed by atoms with Crippen LogP contribution in [0, 0.1) is 18.3 Å². The standard InChI is InChI=1S/C17H23N3O3/c1-3-4-8-17(18-19-17)9-7-15(21)20-13-6-5-12(10-13)14(20)11-16(22)23-2/h1,12-14H,4-11H2,2H3/t12-,13+,14+/m0/s1. The Morgan fingerprint density at radius 2 is 2.13 bits per heavy atom. The Kier molecular flexibility index (Phi) is 4.38. The Balaban J connectivity index is 1.57. The van der Waals surface area contributed by atoms with E-state index in [2.05, 4.69) is 16.1 Å². The lowest BCUT2D eigenvalue weighted by Gasteiger charge is -2.35. The van der Waals surface area contributed by atoms with Crippen molar-refractivity contribution in [2.75, 3.05) is 7.11 Å². The number of hydrogen-bond acceptors (Lipinski definition) is 5. The van der Waals surface area contributed by atoms with Gasteiger partial charge in [0.1, 0.15) is 0 Å². The first-order valence-electron chi connectivity index (χ1n) is 8.34. The summed E-state index contributed by atoms with van der Waals surface area (Å²) < 4.78 is 4.79. The fraction of sp³-hybridized carbons (Fsp3) is 0.765. The predicted molar refractivity (Wildman–Crippen MR) is 83.3 cm³/mol. The number of hydrogen-bond donors (Lipinski definition) is 0. The van der Waals surface area contributed by atoms with Crippen LogP contribution in [0.2, 0.25) is 0 Å². The van der Waals surface area contributed by atoms with Crippen molar-refractivity contribution in [3.05, 3.63) is 0 Å². The minimum absolute atomic E-state index is 0.00318. The molecular formula is C17H23N3O3. The summed E-state index contributed by atoms with van der Waals surface area (Å²) in [7, 11) is 1.40. The first-order valence-corrected chi connectivity index (χ1v) is 8.34. The van der Waals surface area contributed by atoms with Crippen LogP contribution in [0.25, 0.3) is 0 Å². The Bertz CT molecular complexity index is 560. The summed E-state index contributed by atoms with van der Waals surface area (Å²) in [5.74, 6) is 2.91. The van der Waals surface area contributed by atoms with Gasteiger partial charge in [-0.1, -0.05) is 0 Å². The van der Waals surface area contributed by atoms with E-state index >= 15 is 0 Å². The van der Waals surface area contributed by atoms with Gasteiger partial charge in [0.25, 0.3) is 0 Å². The van der Waals surface area contributed by atoms with E-state index in [0.717, 1.165) is 19.3 Å². The average Bonchev–Trinajstić information content (AvgIpc) is 3.04. The molecule has 0 unspecified atom stereocenters. The molecule has 6 nitrogen and oxygen atoms in total. The fourth-order valence-corrected chi connectivity index (χ4v) is 4.10. The molecule has 0 spiro atoms. The van der Waals surface area contributed by atoms with Crippen LogP contribution in [0.5, 0.6) is 0 Å². The number of rotatable bonds is 7. The lowest BCUT2D eigenvalue weighted by Crippen LogP contribution is -2.46. The molecule has 1 aliphatic carbocycles. The van der Waals surface area contributed by atoms with Gasteiger partial charge in [0.05, 0.1) is 13.5 Å². The van der Waals surface area contributed by atoms with Gasteiger partial charge >= 0.3 is 5.97 Å². The fourth-order valence-electron chi connectivity index (χ4n) is 4.10. The highest BCUT2D eigenvalue weighted by atomic mass is 16.5. The molecule has 0 N–H and O–H groups in total. The second-order valence-electron chi connectivity index (χ2n) is 6.76. The van der Waals surface area contributed by atoms with E-state index in [9.17, 15) is 9.59 Å². The summed E-state index contributed by atoms with van der Waals surface area (Å²) in [4.78, 5) is 26.3. The minimum atomic E-state index is -0.418. The van der Waals surface area contributed by atoms with Crippen molar-refractivity contribution < 1.29 is 14.3 Å². The molecule has 0 aromatic rings. The molecule has 1 saturated heterocycles. The average molecular weight is 317 g/mol. The van der Waals surface area contributed by atoms with Gasteiger partial charge in [-0.05, 0) is 25.2 Å². The highest BCUT2D eigenvalue weighted by Crippen LogP contribution is 2.45. The quantitative estimate of drug-likeness (QED) is 0.534. The van der Waals surface area contributed by atoms with Crippen LogP contribution in [0.4, 0.5) is 0 Å². The summed E-state index contributed by atoms with van der Waals surface area (Å²) in [5.41, 5.74) is -0.418. The van der Waals surface area contributed by atoms with Gasteiger partial charge in [0, 0.05) is 37.8 Å². The van der Waals surface area contributed by atoms with Crippen molar-refractivity contribution >= 4 is 11.9 Å². The highest BCUT2D eigenvalue weighted by Gasteiger charge is 2.49. The number of methoxy groups -OCH3 is 1. The van der Waals surface area contributed by atoms with Crippen LogP contribution in [0.3, 0.4) is 0 Å². The normalized spacial score (nSPS) is 29.4. The maximum Gasteiger partial charge on any atom is 0.307 e. The Hall–Kier alpha value is -1.90. The van der Waals surface area contributed by atoms with Crippen molar-refractivity contribution in [1.82, 2.24) is 4.90 Å². The van der Waals surface area contributed by atoms with Crippen LogP contribution in [0.15, 0.2) is 10.2 Å². The molecule has 3 rings (SSSR count). The Labute approximate surface area is 136 Å². The van der Waals surface area contributed by atoms with Crippen molar-refractivity contribution in [2.24, 2.45) is 16.1 Å². The molecule has 0 aromatic carbocycles. The van der Waals surface area contributed by atoms with E-state index in [4.69, 9.17) is 11.2 Å². The molecule has 0 aromatic heterocycles. The zero-order chi connectivity index (χ0) is 16.4. The van der Waals surface area contributed by atoms with E-state index < -0.39 is 5.66 Å². The highest BCUT2D eigenvalue weighted by molar-refractivity contribution is 5.79. The number of carbonyl (C=O) groups excluding carboxylic acids is 2. The van der Waals surface area contributed by atoms with E-state index in [1.165, 1.54) is 7.11 Å². The van der Waals surface area contributed by atoms with Crippen LogP contribution >= 0.6 is 0 Å². The minimum Gasteiger partial charge on any atom is -0.469 e. The molecule has 23 heavy (non-hydrogen) atoms. The number of piperidine rings is 1. The van der Waals surface area contributed by atoms with Gasteiger partial charge in [0.15, 0.2) is 5.66 Å². The van der Waals surface area contributed by atoms with E-state index in [1.54, 1.807) is 0 Å². The molecule has 2 bridgehead atoms. The number of terminal acetylenes is 1. The van der Waals surface area contributed by atoms with Gasteiger partial charge in [-0.15, -0.1) is 12.3 Å². The van der Waals surface area contributed by atoms with Gasteiger partial charge in [-0.2, -0.15) is 10.2 Å². The molecule has 2 aliphatic heterocycles. The number of nitrogens with zero attached hydrogens (tertiary/aromatic N) is 3. The second kappa shape index (κ2) is 6.31. The molecule has 2 heterocycles. The molecular weight excluding hydrogens is 294 g/mol. The van der Waals surface area contributed by atoms with Crippen LogP contribution in [-0.4, -0.2) is 41.6 Å². The number of esters is 1. The van der Waals surface area contributed by atoms with E-state index in [-0.39, 0.29) is 24.0 Å². The summed E-state index contributed by atoms with van der Waals surface area (Å²) >= 11 is 0. The molecule has 1 amide bonds. The van der Waals surface area contributed by atoms with Gasteiger partial charge < -0.3 is 9.64 Å². The predicted octanol–water partition coefficient (Wildman–Crippen LogP) is 2.28. The second-order valence-corrected chi connectivity index (χ2v) is 6.76. The van der Waals surface area contributed by atoms with Gasteiger partial charge in [-0.3, -0.25) is 9.59 Å². The number of likely N-dealkylation sites (tertiary alicyclic amines) is 1. The zero-order valence-corrected chi connectivity index (χ0v) is 13.5. The molecule has 3 atom stereocenters. The molecule has 6 heteroatoms. The molecule has 124 valence electrons. The molecule has 2 fully saturated rings. The number of amides is 1. The van der Waals surface area contributed by atoms with Gasteiger partial charge in [0.2, 0.25) is 5.91 Å². The lowest BCUT2D eigenvalue weighted by molar-refractivity contribution is -0.144. The van der Waals surface area contributed by atoms with Crippen molar-refractivity contribution in [3.8, 4) is 12.3 Å². The monoisotopic (exact) mass is 317 g/mol. The van der Waals surface area contributed by atoms with Crippen molar-refractivity contribution in [2.45, 2.75) is 69.1 Å². The Morgan fingerprint density at radius 1 is 1.35 bits per heavy atom. The topological polar surface area (TPSA) is 71.3 Å². The van der Waals surface area contributed by atoms with E-state index in [0.29, 0.717) is 38.0 Å². The van der Waals surface area contributed by atoms with Crippen molar-refractivity contribution in [3.63, 3.8) is 0 Å². The van der Waals surface area contributed by atoms with Crippen LogP contribution < -0.4 is 0 Å². The molecule has 0 radical (unpaired) electrons. The largest absolute Gasteiger partial charge is 0.469 e. The first kappa shape index (κ1) is 16.0. The number of carbonyl (C=O) groups is 2. The SMILES string of the molecule is C#CCCC1(CCC(=O)N2[C@@H]3CC[C@@H](C3)[C@H]2CC(=O)OC)N=N1. The van der Waals surface area contributed by atoms with Crippen LogP contribution in [0.1, 0.15) is 51.4 Å². The summed E-state index contributed by atoms with van der Waals surface area (Å²) in [6, 6.07) is 0.292. The van der Waals surface area contributed by atoms with E-state index in [1.807, 2.05) is 4.90 Å². The smallest absolute Gasteiger partial charge is 0.307 e. The number of ether oxygens (including phenoxy) is 1. The zero-order valence-electron chi connectivity index (χ0n) is 13.5. The summed E-state index contributed by atoms with van der Waals surface area (Å²) in [5, 5.41) is 8.17. The van der Waals surface area contributed by atoms with Crippen LogP contribution in [-0.2, 0) is 14.3 Å². The third-order valence-corrected chi connectivity index (χ3v) is 5.42. The first-order chi connectivity index (χ1) is 11.1. The maximum atomic E-state index is 12.7. The lowest BCUT2D eigenvalue weighted by atomic mass is 9.95. The maximum absolute atomic E-state index is 12.7.